The lowest BCUT2D eigenvalue weighted by molar-refractivity contribution is 0.601. The summed E-state index contributed by atoms with van der Waals surface area (Å²) in [5.74, 6) is 0.262. The van der Waals surface area contributed by atoms with E-state index in [0.29, 0.717) is 0 Å². The van der Waals surface area contributed by atoms with E-state index in [1.54, 1.807) is 24.3 Å². The van der Waals surface area contributed by atoms with Crippen LogP contribution in [0.3, 0.4) is 0 Å². The summed E-state index contributed by atoms with van der Waals surface area (Å²) in [7, 11) is -3.61. The van der Waals surface area contributed by atoms with Crippen LogP contribution in [0.2, 0.25) is 0 Å². The number of hydrogen-bond donors (Lipinski definition) is 2. The second-order valence-corrected chi connectivity index (χ2v) is 6.13. The van der Waals surface area contributed by atoms with Gasteiger partial charge in [0.05, 0.1) is 10.6 Å². The molecule has 0 bridgehead atoms. The van der Waals surface area contributed by atoms with Crippen LogP contribution in [0, 0.1) is 0 Å². The molecular formula is C15H13N3O2S. The number of anilines is 1. The summed E-state index contributed by atoms with van der Waals surface area (Å²) >= 11 is 0. The molecule has 0 spiro atoms. The lowest BCUT2D eigenvalue weighted by Crippen LogP contribution is -2.12. The number of hydrogen-bond acceptors (Lipinski definition) is 3. The quantitative estimate of drug-likeness (QED) is 0.778. The molecule has 0 saturated carbocycles. The van der Waals surface area contributed by atoms with Crippen molar-refractivity contribution in [2.75, 3.05) is 4.72 Å². The molecule has 2 aromatic carbocycles. The fourth-order valence-corrected chi connectivity index (χ4v) is 2.95. The molecule has 6 heteroatoms. The van der Waals surface area contributed by atoms with Gasteiger partial charge in [-0.1, -0.05) is 48.5 Å². The predicted molar refractivity (Wildman–Crippen MR) is 81.3 cm³/mol. The average Bonchev–Trinajstić information content (AvgIpc) is 2.97. The van der Waals surface area contributed by atoms with Crippen LogP contribution in [0.25, 0.3) is 11.3 Å². The molecule has 1 aromatic heterocycles. The van der Waals surface area contributed by atoms with Crippen molar-refractivity contribution >= 4 is 15.8 Å². The first-order chi connectivity index (χ1) is 10.1. The van der Waals surface area contributed by atoms with Crippen molar-refractivity contribution in [1.82, 2.24) is 10.2 Å². The normalized spacial score (nSPS) is 11.2. The van der Waals surface area contributed by atoms with E-state index >= 15 is 0 Å². The fourth-order valence-electron chi connectivity index (χ4n) is 1.94. The Morgan fingerprint density at radius 2 is 1.52 bits per heavy atom. The number of aromatic amines is 1. The zero-order valence-electron chi connectivity index (χ0n) is 11.0. The van der Waals surface area contributed by atoms with E-state index in [1.807, 2.05) is 30.3 Å². The maximum atomic E-state index is 12.2. The van der Waals surface area contributed by atoms with Crippen molar-refractivity contribution in [3.05, 3.63) is 66.7 Å². The lowest BCUT2D eigenvalue weighted by atomic mass is 10.2. The molecule has 0 aliphatic heterocycles. The standard InChI is InChI=1S/C15H13N3O2S/c19-21(20,13-9-5-2-6-10-13)18-15-11-14(16-17-15)12-7-3-1-4-8-12/h1-11H,(H2,16,17,18). The van der Waals surface area contributed by atoms with Crippen LogP contribution in [0.4, 0.5) is 5.82 Å². The Hall–Kier alpha value is -2.60. The van der Waals surface area contributed by atoms with Crippen molar-refractivity contribution in [3.63, 3.8) is 0 Å². The third-order valence-corrected chi connectivity index (χ3v) is 4.33. The summed E-state index contributed by atoms with van der Waals surface area (Å²) < 4.78 is 26.8. The van der Waals surface area contributed by atoms with Gasteiger partial charge in [0.1, 0.15) is 0 Å². The molecule has 5 nitrogen and oxygen atoms in total. The number of rotatable bonds is 4. The number of benzene rings is 2. The minimum atomic E-state index is -3.61. The zero-order chi connectivity index (χ0) is 14.7. The highest BCUT2D eigenvalue weighted by Gasteiger charge is 2.15. The average molecular weight is 299 g/mol. The third kappa shape index (κ3) is 2.95. The Labute approximate surface area is 122 Å². The minimum Gasteiger partial charge on any atom is -0.276 e. The number of sulfonamides is 1. The van der Waals surface area contributed by atoms with Crippen LogP contribution in [0.15, 0.2) is 71.6 Å². The summed E-state index contributed by atoms with van der Waals surface area (Å²) in [6, 6.07) is 19.4. The molecule has 0 aliphatic rings. The summed E-state index contributed by atoms with van der Waals surface area (Å²) in [5.41, 5.74) is 1.69. The second kappa shape index (κ2) is 5.41. The van der Waals surface area contributed by atoms with Gasteiger partial charge >= 0.3 is 0 Å². The Kier molecular flexibility index (Phi) is 3.45. The summed E-state index contributed by atoms with van der Waals surface area (Å²) in [5, 5.41) is 6.81. The summed E-state index contributed by atoms with van der Waals surface area (Å²) in [4.78, 5) is 0.203. The maximum absolute atomic E-state index is 12.2. The summed E-state index contributed by atoms with van der Waals surface area (Å²) in [6.07, 6.45) is 0. The third-order valence-electron chi connectivity index (χ3n) is 2.96. The van der Waals surface area contributed by atoms with Gasteiger partial charge in [0.25, 0.3) is 10.0 Å². The number of H-pyrrole nitrogens is 1. The molecule has 21 heavy (non-hydrogen) atoms. The monoisotopic (exact) mass is 299 g/mol. The molecule has 0 radical (unpaired) electrons. The molecule has 0 atom stereocenters. The molecule has 0 fully saturated rings. The molecule has 1 heterocycles. The van der Waals surface area contributed by atoms with E-state index < -0.39 is 10.0 Å². The minimum absolute atomic E-state index is 0.203. The highest BCUT2D eigenvalue weighted by Crippen LogP contribution is 2.21. The molecule has 106 valence electrons. The van der Waals surface area contributed by atoms with E-state index in [1.165, 1.54) is 12.1 Å². The number of aromatic nitrogens is 2. The number of nitrogens with zero attached hydrogens (tertiary/aromatic N) is 1. The van der Waals surface area contributed by atoms with Crippen molar-refractivity contribution in [3.8, 4) is 11.3 Å². The maximum Gasteiger partial charge on any atom is 0.263 e. The Morgan fingerprint density at radius 3 is 2.19 bits per heavy atom. The molecule has 0 aliphatic carbocycles. The lowest BCUT2D eigenvalue weighted by Gasteiger charge is -2.04. The van der Waals surface area contributed by atoms with Gasteiger partial charge in [0.2, 0.25) is 0 Å². The van der Waals surface area contributed by atoms with E-state index in [4.69, 9.17) is 0 Å². The first kappa shape index (κ1) is 13.4. The molecular weight excluding hydrogens is 286 g/mol. The van der Waals surface area contributed by atoms with Crippen LogP contribution in [-0.4, -0.2) is 18.6 Å². The van der Waals surface area contributed by atoms with Crippen LogP contribution in [-0.2, 0) is 10.0 Å². The van der Waals surface area contributed by atoms with E-state index in [9.17, 15) is 8.42 Å². The summed E-state index contributed by atoms with van der Waals surface area (Å²) in [6.45, 7) is 0. The highest BCUT2D eigenvalue weighted by atomic mass is 32.2. The number of nitrogens with one attached hydrogen (secondary N) is 2. The first-order valence-corrected chi connectivity index (χ1v) is 7.82. The zero-order valence-corrected chi connectivity index (χ0v) is 11.8. The van der Waals surface area contributed by atoms with Crippen LogP contribution < -0.4 is 4.72 Å². The largest absolute Gasteiger partial charge is 0.276 e. The molecule has 3 rings (SSSR count). The van der Waals surface area contributed by atoms with Crippen molar-refractivity contribution < 1.29 is 8.42 Å². The van der Waals surface area contributed by atoms with Gasteiger partial charge in [-0.15, -0.1) is 0 Å². The van der Waals surface area contributed by atoms with Gasteiger partial charge in [-0.25, -0.2) is 8.42 Å². The van der Waals surface area contributed by atoms with Crippen LogP contribution in [0.5, 0.6) is 0 Å². The van der Waals surface area contributed by atoms with Gasteiger partial charge in [-0.05, 0) is 17.7 Å². The first-order valence-electron chi connectivity index (χ1n) is 6.34. The second-order valence-electron chi connectivity index (χ2n) is 4.45. The SMILES string of the molecule is O=S(=O)(Nc1cc(-c2ccccc2)[nH]n1)c1ccccc1. The molecule has 0 amide bonds. The predicted octanol–water partition coefficient (Wildman–Crippen LogP) is 2.88. The van der Waals surface area contributed by atoms with Crippen molar-refractivity contribution in [2.45, 2.75) is 4.90 Å². The fraction of sp³-hybridized carbons (Fsp3) is 0. The van der Waals surface area contributed by atoms with Gasteiger partial charge < -0.3 is 0 Å². The Balaban J connectivity index is 1.85. The smallest absolute Gasteiger partial charge is 0.263 e. The van der Waals surface area contributed by atoms with Gasteiger partial charge in [-0.2, -0.15) is 5.10 Å². The van der Waals surface area contributed by atoms with Crippen LogP contribution >= 0.6 is 0 Å². The highest BCUT2D eigenvalue weighted by molar-refractivity contribution is 7.92. The topological polar surface area (TPSA) is 74.8 Å². The van der Waals surface area contributed by atoms with Crippen molar-refractivity contribution in [1.29, 1.82) is 0 Å². The van der Waals surface area contributed by atoms with Gasteiger partial charge in [-0.3, -0.25) is 9.82 Å². The molecule has 0 saturated heterocycles. The van der Waals surface area contributed by atoms with E-state index in [0.717, 1.165) is 11.3 Å². The van der Waals surface area contributed by atoms with Crippen molar-refractivity contribution in [2.24, 2.45) is 0 Å². The Bertz CT molecular complexity index is 828. The molecule has 0 unspecified atom stereocenters. The van der Waals surface area contributed by atoms with Gasteiger partial charge in [0.15, 0.2) is 5.82 Å². The van der Waals surface area contributed by atoms with Gasteiger partial charge in [0, 0.05) is 6.07 Å². The Morgan fingerprint density at radius 1 is 0.905 bits per heavy atom. The molecule has 3 aromatic rings. The van der Waals surface area contributed by atoms with Crippen LogP contribution in [0.1, 0.15) is 0 Å². The van der Waals surface area contributed by atoms with E-state index in [-0.39, 0.29) is 10.7 Å². The molecule has 2 N–H and O–H groups in total. The van der Waals surface area contributed by atoms with E-state index in [2.05, 4.69) is 14.9 Å².